The van der Waals surface area contributed by atoms with Gasteiger partial charge in [0.1, 0.15) is 11.8 Å². The van der Waals surface area contributed by atoms with E-state index in [1.54, 1.807) is 34.6 Å². The molecule has 1 unspecified atom stereocenters. The van der Waals surface area contributed by atoms with Crippen molar-refractivity contribution < 1.29 is 19.5 Å². The third-order valence-electron chi connectivity index (χ3n) is 2.87. The number of ketones is 1. The van der Waals surface area contributed by atoms with Crippen molar-refractivity contribution in [1.82, 2.24) is 10.2 Å². The zero-order valence-electron chi connectivity index (χ0n) is 12.3. The first-order chi connectivity index (χ1) is 8.63. The van der Waals surface area contributed by atoms with Gasteiger partial charge in [0, 0.05) is 24.9 Å². The number of urea groups is 1. The van der Waals surface area contributed by atoms with Crippen LogP contribution in [0.2, 0.25) is 0 Å². The number of rotatable bonds is 6. The van der Waals surface area contributed by atoms with E-state index in [2.05, 4.69) is 5.32 Å². The molecule has 0 aliphatic heterocycles. The van der Waals surface area contributed by atoms with Crippen molar-refractivity contribution in [3.8, 4) is 0 Å². The molecular formula is C13H24N2O4. The van der Waals surface area contributed by atoms with Crippen molar-refractivity contribution >= 4 is 17.8 Å². The Morgan fingerprint density at radius 1 is 1.16 bits per heavy atom. The van der Waals surface area contributed by atoms with E-state index in [4.69, 9.17) is 5.11 Å². The van der Waals surface area contributed by atoms with Gasteiger partial charge in [-0.2, -0.15) is 0 Å². The summed E-state index contributed by atoms with van der Waals surface area (Å²) in [6.07, 6.45) is -0.203. The van der Waals surface area contributed by atoms with E-state index in [1.807, 2.05) is 0 Å². The van der Waals surface area contributed by atoms with Crippen LogP contribution in [0.5, 0.6) is 0 Å². The molecule has 2 N–H and O–H groups in total. The first-order valence-corrected chi connectivity index (χ1v) is 6.45. The second-order valence-electron chi connectivity index (χ2n) is 5.39. The number of Topliss-reactive ketones (excluding diaryl/α,β-unsaturated/α-hetero) is 1. The van der Waals surface area contributed by atoms with Gasteiger partial charge in [-0.15, -0.1) is 0 Å². The quantitative estimate of drug-likeness (QED) is 0.767. The molecule has 110 valence electrons. The van der Waals surface area contributed by atoms with Crippen molar-refractivity contribution in [1.29, 1.82) is 0 Å². The second-order valence-corrected chi connectivity index (χ2v) is 5.39. The van der Waals surface area contributed by atoms with E-state index in [1.165, 1.54) is 4.90 Å². The number of hydrogen-bond donors (Lipinski definition) is 2. The van der Waals surface area contributed by atoms with Crippen LogP contribution in [0.25, 0.3) is 0 Å². The first-order valence-electron chi connectivity index (χ1n) is 6.45. The Bertz CT molecular complexity index is 343. The molecule has 6 nitrogen and oxygen atoms in total. The number of carbonyl (C=O) groups excluding carboxylic acids is 2. The summed E-state index contributed by atoms with van der Waals surface area (Å²) in [6.45, 7) is 9.75. The largest absolute Gasteiger partial charge is 0.480 e. The predicted molar refractivity (Wildman–Crippen MR) is 72.0 cm³/mol. The van der Waals surface area contributed by atoms with Crippen LogP contribution in [-0.4, -0.2) is 46.9 Å². The van der Waals surface area contributed by atoms with E-state index in [0.29, 0.717) is 13.1 Å². The van der Waals surface area contributed by atoms with E-state index in [9.17, 15) is 14.4 Å². The van der Waals surface area contributed by atoms with Crippen LogP contribution < -0.4 is 5.32 Å². The first kappa shape index (κ1) is 17.4. The van der Waals surface area contributed by atoms with Crippen LogP contribution in [0.3, 0.4) is 0 Å². The highest BCUT2D eigenvalue weighted by Gasteiger charge is 2.30. The average Bonchev–Trinajstić information content (AvgIpc) is 2.28. The minimum absolute atomic E-state index is 0.195. The minimum Gasteiger partial charge on any atom is -0.480 e. The van der Waals surface area contributed by atoms with Gasteiger partial charge in [0.25, 0.3) is 0 Å². The zero-order chi connectivity index (χ0) is 15.2. The molecule has 0 bridgehead atoms. The molecule has 0 heterocycles. The Hall–Kier alpha value is -1.59. The number of carbonyl (C=O) groups is 3. The summed E-state index contributed by atoms with van der Waals surface area (Å²) >= 11 is 0. The fourth-order valence-electron chi connectivity index (χ4n) is 1.44. The molecule has 2 amide bonds. The number of carboxylic acid groups (broad SMARTS) is 1. The van der Waals surface area contributed by atoms with Crippen molar-refractivity contribution in [2.24, 2.45) is 5.41 Å². The molecule has 0 aliphatic rings. The lowest BCUT2D eigenvalue weighted by atomic mass is 9.87. The predicted octanol–water partition coefficient (Wildman–Crippen LogP) is 1.50. The average molecular weight is 272 g/mol. The van der Waals surface area contributed by atoms with Gasteiger partial charge in [0.05, 0.1) is 0 Å². The smallest absolute Gasteiger partial charge is 0.326 e. The van der Waals surface area contributed by atoms with Crippen molar-refractivity contribution in [3.63, 3.8) is 0 Å². The highest BCUT2D eigenvalue weighted by molar-refractivity contribution is 5.91. The molecule has 0 spiro atoms. The zero-order valence-corrected chi connectivity index (χ0v) is 12.3. The molecule has 6 heteroatoms. The molecule has 0 saturated carbocycles. The molecule has 0 rings (SSSR count). The lowest BCUT2D eigenvalue weighted by Gasteiger charge is -2.24. The fraction of sp³-hybridized carbons (Fsp3) is 0.769. The van der Waals surface area contributed by atoms with Gasteiger partial charge in [-0.05, 0) is 13.8 Å². The van der Waals surface area contributed by atoms with Crippen LogP contribution in [0.15, 0.2) is 0 Å². The fourth-order valence-corrected chi connectivity index (χ4v) is 1.44. The second kappa shape index (κ2) is 7.11. The molecule has 1 atom stereocenters. The van der Waals surface area contributed by atoms with E-state index >= 15 is 0 Å². The van der Waals surface area contributed by atoms with Crippen LogP contribution in [0.4, 0.5) is 4.79 Å². The van der Waals surface area contributed by atoms with Gasteiger partial charge in [-0.1, -0.05) is 20.8 Å². The SMILES string of the molecule is CCN(CC)C(=O)NC(CC(=O)C(C)(C)C)C(=O)O. The van der Waals surface area contributed by atoms with Crippen LogP contribution >= 0.6 is 0 Å². The summed E-state index contributed by atoms with van der Waals surface area (Å²) in [6, 6.07) is -1.64. The topological polar surface area (TPSA) is 86.7 Å². The molecule has 0 aromatic rings. The summed E-state index contributed by atoms with van der Waals surface area (Å²) in [5.41, 5.74) is -0.617. The molecule has 0 aliphatic carbocycles. The molecule has 0 radical (unpaired) electrons. The normalized spacial score (nSPS) is 12.7. The lowest BCUT2D eigenvalue weighted by molar-refractivity contribution is -0.142. The molecular weight excluding hydrogens is 248 g/mol. The van der Waals surface area contributed by atoms with Crippen molar-refractivity contribution in [3.05, 3.63) is 0 Å². The van der Waals surface area contributed by atoms with Gasteiger partial charge in [0.2, 0.25) is 0 Å². The van der Waals surface area contributed by atoms with Crippen molar-refractivity contribution in [2.45, 2.75) is 47.1 Å². The van der Waals surface area contributed by atoms with Gasteiger partial charge in [-0.25, -0.2) is 9.59 Å². The van der Waals surface area contributed by atoms with Gasteiger partial charge < -0.3 is 15.3 Å². The Kier molecular flexibility index (Phi) is 6.52. The van der Waals surface area contributed by atoms with E-state index in [-0.39, 0.29) is 12.2 Å². The number of carboxylic acids is 1. The van der Waals surface area contributed by atoms with Crippen LogP contribution in [0, 0.1) is 5.41 Å². The summed E-state index contributed by atoms with van der Waals surface area (Å²) in [7, 11) is 0. The summed E-state index contributed by atoms with van der Waals surface area (Å²) in [5.74, 6) is -1.39. The maximum atomic E-state index is 11.8. The van der Waals surface area contributed by atoms with E-state index in [0.717, 1.165) is 0 Å². The molecule has 0 fully saturated rings. The third-order valence-corrected chi connectivity index (χ3v) is 2.87. The number of nitrogens with one attached hydrogen (secondary N) is 1. The standard InChI is InChI=1S/C13H24N2O4/c1-6-15(7-2)12(19)14-9(11(17)18)8-10(16)13(3,4)5/h9H,6-8H2,1-5H3,(H,14,19)(H,17,18). The Labute approximate surface area is 114 Å². The van der Waals surface area contributed by atoms with Crippen LogP contribution in [0.1, 0.15) is 41.0 Å². The van der Waals surface area contributed by atoms with Crippen molar-refractivity contribution in [2.75, 3.05) is 13.1 Å². The Morgan fingerprint density at radius 3 is 1.95 bits per heavy atom. The Morgan fingerprint density at radius 2 is 1.63 bits per heavy atom. The number of hydrogen-bond acceptors (Lipinski definition) is 3. The molecule has 0 aromatic heterocycles. The highest BCUT2D eigenvalue weighted by atomic mass is 16.4. The lowest BCUT2D eigenvalue weighted by Crippen LogP contribution is -2.49. The van der Waals surface area contributed by atoms with E-state index < -0.39 is 23.5 Å². The van der Waals surface area contributed by atoms with Crippen LogP contribution in [-0.2, 0) is 9.59 Å². The minimum atomic E-state index is -1.20. The maximum Gasteiger partial charge on any atom is 0.326 e. The van der Waals surface area contributed by atoms with Gasteiger partial charge in [0.15, 0.2) is 0 Å². The maximum absolute atomic E-state index is 11.8. The van der Waals surface area contributed by atoms with Gasteiger partial charge >= 0.3 is 12.0 Å². The Balaban J connectivity index is 4.73. The summed E-state index contributed by atoms with van der Waals surface area (Å²) < 4.78 is 0. The third kappa shape index (κ3) is 5.72. The molecule has 0 aromatic carbocycles. The highest BCUT2D eigenvalue weighted by Crippen LogP contribution is 2.17. The molecule has 19 heavy (non-hydrogen) atoms. The molecule has 0 saturated heterocycles. The number of nitrogens with zero attached hydrogens (tertiary/aromatic N) is 1. The number of aliphatic carboxylic acids is 1. The summed E-state index contributed by atoms with van der Waals surface area (Å²) in [5, 5.41) is 11.5. The number of amides is 2. The monoisotopic (exact) mass is 272 g/mol. The summed E-state index contributed by atoms with van der Waals surface area (Å²) in [4.78, 5) is 36.2. The van der Waals surface area contributed by atoms with Gasteiger partial charge in [-0.3, -0.25) is 4.79 Å².